The number of nitrogens with one attached hydrogen (secondary N) is 1. The van der Waals surface area contributed by atoms with Crippen molar-refractivity contribution in [2.75, 3.05) is 17.2 Å². The summed E-state index contributed by atoms with van der Waals surface area (Å²) >= 11 is 5.96. The zero-order chi connectivity index (χ0) is 18.3. The topological polar surface area (TPSA) is 127 Å². The second-order valence-electron chi connectivity index (χ2n) is 5.90. The summed E-state index contributed by atoms with van der Waals surface area (Å²) < 4.78 is 0. The minimum Gasteiger partial charge on any atom is -0.378 e. The zero-order valence-electron chi connectivity index (χ0n) is 13.5. The summed E-state index contributed by atoms with van der Waals surface area (Å²) in [6.45, 7) is 0.994. The number of aromatic nitrogens is 4. The number of nitro groups is 1. The van der Waals surface area contributed by atoms with Crippen molar-refractivity contribution in [3.63, 3.8) is 0 Å². The van der Waals surface area contributed by atoms with E-state index in [1.165, 1.54) is 6.33 Å². The fourth-order valence-electron chi connectivity index (χ4n) is 3.11. The van der Waals surface area contributed by atoms with E-state index in [1.54, 1.807) is 12.1 Å². The number of aromatic amines is 1. The molecule has 0 bridgehead atoms. The maximum absolute atomic E-state index is 11.4. The fraction of sp³-hybridized carbons (Fsp3) is 0.188. The van der Waals surface area contributed by atoms with Gasteiger partial charge in [-0.25, -0.2) is 9.97 Å². The van der Waals surface area contributed by atoms with Crippen LogP contribution in [0.3, 0.4) is 0 Å². The van der Waals surface area contributed by atoms with E-state index in [2.05, 4.69) is 20.2 Å². The Morgan fingerprint density at radius 3 is 2.77 bits per heavy atom. The Morgan fingerprint density at radius 1 is 1.27 bits per heavy atom. The first-order chi connectivity index (χ1) is 12.5. The number of nitrogens with two attached hydrogens (primary N) is 1. The Morgan fingerprint density at radius 2 is 2.04 bits per heavy atom. The molecule has 3 heterocycles. The van der Waals surface area contributed by atoms with Gasteiger partial charge in [0.2, 0.25) is 11.6 Å². The number of rotatable bonds is 3. The molecule has 0 saturated heterocycles. The molecule has 26 heavy (non-hydrogen) atoms. The molecule has 3 aromatic rings. The van der Waals surface area contributed by atoms with E-state index in [0.717, 1.165) is 22.5 Å². The summed E-state index contributed by atoms with van der Waals surface area (Å²) in [5.41, 5.74) is 9.12. The number of halogens is 1. The van der Waals surface area contributed by atoms with E-state index in [1.807, 2.05) is 17.0 Å². The summed E-state index contributed by atoms with van der Waals surface area (Å²) in [5.74, 6) is 0.0762. The second kappa shape index (κ2) is 6.26. The SMILES string of the molecule is Nc1ncnc(N2CCc3[nH]nc(-c4ccc(Cl)cc4)c3C2)c1[N+](=O)[O-]. The van der Waals surface area contributed by atoms with Gasteiger partial charge in [-0.3, -0.25) is 15.2 Å². The van der Waals surface area contributed by atoms with Gasteiger partial charge in [-0.15, -0.1) is 0 Å². The highest BCUT2D eigenvalue weighted by molar-refractivity contribution is 6.30. The van der Waals surface area contributed by atoms with Gasteiger partial charge in [0.1, 0.15) is 6.33 Å². The van der Waals surface area contributed by atoms with Crippen LogP contribution in [0.5, 0.6) is 0 Å². The number of nitrogens with zero attached hydrogens (tertiary/aromatic N) is 5. The summed E-state index contributed by atoms with van der Waals surface area (Å²) in [7, 11) is 0. The maximum Gasteiger partial charge on any atom is 0.353 e. The minimum atomic E-state index is -0.546. The summed E-state index contributed by atoms with van der Waals surface area (Å²) in [5, 5.41) is 19.5. The highest BCUT2D eigenvalue weighted by atomic mass is 35.5. The molecule has 0 aliphatic carbocycles. The second-order valence-corrected chi connectivity index (χ2v) is 6.33. The van der Waals surface area contributed by atoms with Crippen molar-refractivity contribution in [1.82, 2.24) is 20.2 Å². The van der Waals surface area contributed by atoms with Crippen molar-refractivity contribution in [1.29, 1.82) is 0 Å². The Hall–Kier alpha value is -3.20. The monoisotopic (exact) mass is 371 g/mol. The van der Waals surface area contributed by atoms with E-state index < -0.39 is 4.92 Å². The van der Waals surface area contributed by atoms with Crippen molar-refractivity contribution in [3.05, 3.63) is 57.0 Å². The molecule has 1 aliphatic heterocycles. The molecule has 4 rings (SSSR count). The van der Waals surface area contributed by atoms with Gasteiger partial charge in [-0.2, -0.15) is 5.10 Å². The van der Waals surface area contributed by atoms with E-state index in [0.29, 0.717) is 24.5 Å². The molecule has 2 aromatic heterocycles. The minimum absolute atomic E-state index is 0.143. The molecular formula is C16H14ClN7O2. The van der Waals surface area contributed by atoms with E-state index in [4.69, 9.17) is 17.3 Å². The van der Waals surface area contributed by atoms with Crippen LogP contribution in [-0.2, 0) is 13.0 Å². The lowest BCUT2D eigenvalue weighted by molar-refractivity contribution is -0.383. The third-order valence-corrected chi connectivity index (χ3v) is 4.62. The molecule has 0 atom stereocenters. The molecule has 9 nitrogen and oxygen atoms in total. The van der Waals surface area contributed by atoms with Gasteiger partial charge in [0.15, 0.2) is 0 Å². The lowest BCUT2D eigenvalue weighted by atomic mass is 10.0. The van der Waals surface area contributed by atoms with Crippen LogP contribution in [0, 0.1) is 10.1 Å². The molecular weight excluding hydrogens is 358 g/mol. The van der Waals surface area contributed by atoms with E-state index in [-0.39, 0.29) is 17.3 Å². The number of fused-ring (bicyclic) bond motifs is 1. The fourth-order valence-corrected chi connectivity index (χ4v) is 3.24. The Labute approximate surface area is 153 Å². The van der Waals surface area contributed by atoms with Crippen LogP contribution in [0.1, 0.15) is 11.3 Å². The van der Waals surface area contributed by atoms with Gasteiger partial charge in [0.05, 0.1) is 10.6 Å². The largest absolute Gasteiger partial charge is 0.378 e. The molecule has 0 unspecified atom stereocenters. The van der Waals surface area contributed by atoms with E-state index >= 15 is 0 Å². The van der Waals surface area contributed by atoms with Gasteiger partial charge in [0.25, 0.3) is 0 Å². The van der Waals surface area contributed by atoms with Crippen LogP contribution < -0.4 is 10.6 Å². The molecule has 132 valence electrons. The smallest absolute Gasteiger partial charge is 0.353 e. The van der Waals surface area contributed by atoms with Gasteiger partial charge >= 0.3 is 5.69 Å². The number of anilines is 2. The Kier molecular flexibility index (Phi) is 3.92. The van der Waals surface area contributed by atoms with Crippen molar-refractivity contribution in [3.8, 4) is 11.3 Å². The number of hydrogen-bond acceptors (Lipinski definition) is 7. The Balaban J connectivity index is 1.73. The molecule has 0 amide bonds. The van der Waals surface area contributed by atoms with Crippen molar-refractivity contribution in [2.24, 2.45) is 0 Å². The van der Waals surface area contributed by atoms with Gasteiger partial charge in [0, 0.05) is 41.4 Å². The summed E-state index contributed by atoms with van der Waals surface area (Å²) in [6, 6.07) is 7.38. The van der Waals surface area contributed by atoms with Crippen LogP contribution in [0.4, 0.5) is 17.3 Å². The third kappa shape index (κ3) is 2.72. The lowest BCUT2D eigenvalue weighted by Crippen LogP contribution is -2.31. The number of nitrogen functional groups attached to an aromatic ring is 1. The molecule has 3 N–H and O–H groups in total. The van der Waals surface area contributed by atoms with Crippen LogP contribution in [0.2, 0.25) is 5.02 Å². The van der Waals surface area contributed by atoms with Crippen molar-refractivity contribution < 1.29 is 4.92 Å². The van der Waals surface area contributed by atoms with Crippen LogP contribution >= 0.6 is 11.6 Å². The summed E-state index contributed by atoms with van der Waals surface area (Å²) in [4.78, 5) is 20.5. The molecule has 0 spiro atoms. The molecule has 0 fully saturated rings. The molecule has 10 heteroatoms. The number of H-pyrrole nitrogens is 1. The molecule has 0 radical (unpaired) electrons. The van der Waals surface area contributed by atoms with Crippen molar-refractivity contribution in [2.45, 2.75) is 13.0 Å². The first kappa shape index (κ1) is 16.3. The molecule has 1 aromatic carbocycles. The average Bonchev–Trinajstić information content (AvgIpc) is 3.05. The van der Waals surface area contributed by atoms with Gasteiger partial charge in [-0.05, 0) is 12.1 Å². The molecule has 1 aliphatic rings. The Bertz CT molecular complexity index is 987. The van der Waals surface area contributed by atoms with Crippen LogP contribution in [0.15, 0.2) is 30.6 Å². The highest BCUT2D eigenvalue weighted by Crippen LogP contribution is 2.35. The first-order valence-corrected chi connectivity index (χ1v) is 8.24. The number of benzene rings is 1. The average molecular weight is 372 g/mol. The molecule has 0 saturated carbocycles. The normalized spacial score (nSPS) is 13.5. The predicted octanol–water partition coefficient (Wildman–Crippen LogP) is 2.57. The van der Waals surface area contributed by atoms with E-state index in [9.17, 15) is 10.1 Å². The standard InChI is InChI=1S/C16H14ClN7O2/c17-10-3-1-9(2-4-10)13-11-7-23(6-5-12(11)21-22-13)16-14(24(25)26)15(18)19-8-20-16/h1-4,8H,5-7H2,(H,21,22)(H2,18,19,20). The summed E-state index contributed by atoms with van der Waals surface area (Å²) in [6.07, 6.45) is 1.90. The highest BCUT2D eigenvalue weighted by Gasteiger charge is 2.30. The maximum atomic E-state index is 11.4. The quantitative estimate of drug-likeness (QED) is 0.535. The van der Waals surface area contributed by atoms with Crippen LogP contribution in [-0.4, -0.2) is 31.6 Å². The third-order valence-electron chi connectivity index (χ3n) is 4.36. The van der Waals surface area contributed by atoms with Gasteiger partial charge < -0.3 is 10.6 Å². The first-order valence-electron chi connectivity index (χ1n) is 7.86. The predicted molar refractivity (Wildman–Crippen MR) is 96.9 cm³/mol. The van der Waals surface area contributed by atoms with Gasteiger partial charge in [-0.1, -0.05) is 23.7 Å². The van der Waals surface area contributed by atoms with Crippen molar-refractivity contribution >= 4 is 28.9 Å². The zero-order valence-corrected chi connectivity index (χ0v) is 14.3. The number of hydrogen-bond donors (Lipinski definition) is 2. The lowest BCUT2D eigenvalue weighted by Gasteiger charge is -2.27. The van der Waals surface area contributed by atoms with Crippen LogP contribution in [0.25, 0.3) is 11.3 Å².